The second-order valence-corrected chi connectivity index (χ2v) is 7.72. The van der Waals surface area contributed by atoms with Crippen LogP contribution in [-0.2, 0) is 11.3 Å². The molecule has 0 radical (unpaired) electrons. The van der Waals surface area contributed by atoms with Crippen LogP contribution in [0.25, 0.3) is 0 Å². The highest BCUT2D eigenvalue weighted by Gasteiger charge is 2.25. The van der Waals surface area contributed by atoms with Crippen molar-refractivity contribution < 1.29 is 13.9 Å². The molecule has 2 aromatic carbocycles. The first-order chi connectivity index (χ1) is 13.5. The van der Waals surface area contributed by atoms with Gasteiger partial charge in [-0.15, -0.1) is 0 Å². The fourth-order valence-electron chi connectivity index (χ4n) is 3.26. The number of ether oxygens (including phenoxy) is 1. The second kappa shape index (κ2) is 10.1. The zero-order chi connectivity index (χ0) is 19.9. The predicted octanol–water partition coefficient (Wildman–Crippen LogP) is 4.54. The number of benzene rings is 2. The summed E-state index contributed by atoms with van der Waals surface area (Å²) < 4.78 is 18.3. The van der Waals surface area contributed by atoms with Gasteiger partial charge in [0, 0.05) is 22.5 Å². The van der Waals surface area contributed by atoms with Crippen molar-refractivity contribution in [3.63, 3.8) is 0 Å². The van der Waals surface area contributed by atoms with E-state index in [2.05, 4.69) is 10.2 Å². The van der Waals surface area contributed by atoms with Crippen molar-refractivity contribution in [3.05, 3.63) is 63.9 Å². The van der Waals surface area contributed by atoms with Gasteiger partial charge in [-0.2, -0.15) is 0 Å². The molecule has 1 fully saturated rings. The summed E-state index contributed by atoms with van der Waals surface area (Å²) in [4.78, 5) is 14.6. The Hall–Kier alpha value is -1.82. The lowest BCUT2D eigenvalue weighted by Gasteiger charge is -2.31. The lowest BCUT2D eigenvalue weighted by atomic mass is 9.95. The fraction of sp³-hybridized carbons (Fsp3) is 0.381. The highest BCUT2D eigenvalue weighted by Crippen LogP contribution is 2.25. The largest absolute Gasteiger partial charge is 0.492 e. The number of rotatable bonds is 7. The normalized spacial score (nSPS) is 15.4. The van der Waals surface area contributed by atoms with Crippen LogP contribution < -0.4 is 10.1 Å². The molecular weight excluding hydrogens is 402 g/mol. The first-order valence-electron chi connectivity index (χ1n) is 9.33. The van der Waals surface area contributed by atoms with E-state index in [9.17, 15) is 9.18 Å². The third-order valence-electron chi connectivity index (χ3n) is 4.85. The van der Waals surface area contributed by atoms with E-state index in [-0.39, 0.29) is 17.6 Å². The lowest BCUT2D eigenvalue weighted by molar-refractivity contribution is -0.126. The molecule has 7 heteroatoms. The summed E-state index contributed by atoms with van der Waals surface area (Å²) in [6.45, 7) is 3.24. The fourth-order valence-corrected chi connectivity index (χ4v) is 3.73. The van der Waals surface area contributed by atoms with Crippen LogP contribution >= 0.6 is 23.2 Å². The van der Waals surface area contributed by atoms with E-state index in [1.807, 2.05) is 12.1 Å². The van der Waals surface area contributed by atoms with Gasteiger partial charge in [0.2, 0.25) is 5.91 Å². The molecular formula is C21H23Cl2FN2O2. The van der Waals surface area contributed by atoms with Crippen molar-refractivity contribution in [1.29, 1.82) is 0 Å². The Kier molecular flexibility index (Phi) is 7.54. The molecule has 1 aliphatic rings. The number of likely N-dealkylation sites (tertiary alicyclic amines) is 1. The van der Waals surface area contributed by atoms with E-state index >= 15 is 0 Å². The van der Waals surface area contributed by atoms with Crippen molar-refractivity contribution in [2.24, 2.45) is 5.92 Å². The van der Waals surface area contributed by atoms with E-state index in [1.165, 1.54) is 12.1 Å². The SMILES string of the molecule is O=C(NCCOc1ccc(F)cc1)C1CCN(Cc2ccc(Cl)cc2Cl)CC1. The zero-order valence-corrected chi connectivity index (χ0v) is 17.0. The van der Waals surface area contributed by atoms with Crippen LogP contribution in [0.2, 0.25) is 10.0 Å². The molecule has 1 N–H and O–H groups in total. The number of hydrogen-bond donors (Lipinski definition) is 1. The zero-order valence-electron chi connectivity index (χ0n) is 15.5. The topological polar surface area (TPSA) is 41.6 Å². The third-order valence-corrected chi connectivity index (χ3v) is 5.44. The van der Waals surface area contributed by atoms with E-state index < -0.39 is 0 Å². The van der Waals surface area contributed by atoms with E-state index in [1.54, 1.807) is 18.2 Å². The molecule has 0 aliphatic carbocycles. The van der Waals surface area contributed by atoms with Crippen molar-refractivity contribution in [2.75, 3.05) is 26.2 Å². The highest BCUT2D eigenvalue weighted by atomic mass is 35.5. The molecule has 0 unspecified atom stereocenters. The number of nitrogens with one attached hydrogen (secondary N) is 1. The van der Waals surface area contributed by atoms with Crippen LogP contribution in [0.3, 0.4) is 0 Å². The molecule has 4 nitrogen and oxygen atoms in total. The average Bonchev–Trinajstić information content (AvgIpc) is 2.69. The van der Waals surface area contributed by atoms with Crippen molar-refractivity contribution in [1.82, 2.24) is 10.2 Å². The van der Waals surface area contributed by atoms with E-state index in [0.717, 1.165) is 38.0 Å². The molecule has 0 saturated carbocycles. The quantitative estimate of drug-likeness (QED) is 0.663. The van der Waals surface area contributed by atoms with Gasteiger partial charge in [0.1, 0.15) is 18.2 Å². The van der Waals surface area contributed by atoms with Crippen molar-refractivity contribution >= 4 is 29.1 Å². The predicted molar refractivity (Wildman–Crippen MR) is 109 cm³/mol. The standard InChI is InChI=1S/C21H23Cl2FN2O2/c22-17-2-1-16(20(23)13-17)14-26-10-7-15(8-11-26)21(27)25-9-12-28-19-5-3-18(24)4-6-19/h1-6,13,15H,7-12,14H2,(H,25,27). The molecule has 1 heterocycles. The summed E-state index contributed by atoms with van der Waals surface area (Å²) in [6.07, 6.45) is 1.63. The summed E-state index contributed by atoms with van der Waals surface area (Å²) in [5.74, 6) is 0.366. The Morgan fingerprint density at radius 3 is 2.54 bits per heavy atom. The van der Waals surface area contributed by atoms with Gasteiger partial charge < -0.3 is 10.1 Å². The maximum Gasteiger partial charge on any atom is 0.223 e. The summed E-state index contributed by atoms with van der Waals surface area (Å²) in [7, 11) is 0. The molecule has 0 bridgehead atoms. The lowest BCUT2D eigenvalue weighted by Crippen LogP contribution is -2.41. The first-order valence-corrected chi connectivity index (χ1v) is 10.1. The molecule has 1 aliphatic heterocycles. The average molecular weight is 425 g/mol. The Balaban J connectivity index is 1.36. The van der Waals surface area contributed by atoms with Crippen LogP contribution in [0.15, 0.2) is 42.5 Å². The monoisotopic (exact) mass is 424 g/mol. The number of amides is 1. The molecule has 0 spiro atoms. The van der Waals surface area contributed by atoms with Gasteiger partial charge in [0.15, 0.2) is 0 Å². The number of halogens is 3. The maximum atomic E-state index is 12.8. The van der Waals surface area contributed by atoms with Gasteiger partial charge in [-0.05, 0) is 67.9 Å². The molecule has 1 amide bonds. The Labute approximate surface area is 174 Å². The second-order valence-electron chi connectivity index (χ2n) is 6.88. The minimum absolute atomic E-state index is 0.0164. The summed E-state index contributed by atoms with van der Waals surface area (Å²) in [5.41, 5.74) is 1.05. The molecule has 1 saturated heterocycles. The minimum Gasteiger partial charge on any atom is -0.492 e. The Morgan fingerprint density at radius 2 is 1.86 bits per heavy atom. The van der Waals surface area contributed by atoms with Gasteiger partial charge in [-0.3, -0.25) is 9.69 Å². The minimum atomic E-state index is -0.301. The van der Waals surface area contributed by atoms with Gasteiger partial charge in [-0.1, -0.05) is 29.3 Å². The number of nitrogens with zero attached hydrogens (tertiary/aromatic N) is 1. The van der Waals surface area contributed by atoms with Gasteiger partial charge in [0.25, 0.3) is 0 Å². The van der Waals surface area contributed by atoms with Crippen molar-refractivity contribution in [3.8, 4) is 5.75 Å². The van der Waals surface area contributed by atoms with Crippen LogP contribution in [-0.4, -0.2) is 37.0 Å². The molecule has 3 rings (SSSR count). The van der Waals surface area contributed by atoms with E-state index in [4.69, 9.17) is 27.9 Å². The number of carbonyl (C=O) groups is 1. The highest BCUT2D eigenvalue weighted by molar-refractivity contribution is 6.35. The van der Waals surface area contributed by atoms with Crippen LogP contribution in [0.5, 0.6) is 5.75 Å². The Bertz CT molecular complexity index is 793. The summed E-state index contributed by atoms with van der Waals surface area (Å²) >= 11 is 12.2. The maximum absolute atomic E-state index is 12.8. The molecule has 150 valence electrons. The molecule has 0 atom stereocenters. The van der Waals surface area contributed by atoms with Crippen LogP contribution in [0, 0.1) is 11.7 Å². The van der Waals surface area contributed by atoms with Gasteiger partial charge >= 0.3 is 0 Å². The summed E-state index contributed by atoms with van der Waals surface area (Å²) in [5, 5.41) is 4.23. The van der Waals surface area contributed by atoms with Crippen LogP contribution in [0.1, 0.15) is 18.4 Å². The number of piperidine rings is 1. The first kappa shape index (κ1) is 20.9. The number of hydrogen-bond acceptors (Lipinski definition) is 3. The van der Waals surface area contributed by atoms with Crippen LogP contribution in [0.4, 0.5) is 4.39 Å². The van der Waals surface area contributed by atoms with Gasteiger partial charge in [-0.25, -0.2) is 4.39 Å². The third kappa shape index (κ3) is 6.09. The Morgan fingerprint density at radius 1 is 1.14 bits per heavy atom. The van der Waals surface area contributed by atoms with Gasteiger partial charge in [0.05, 0.1) is 6.54 Å². The van der Waals surface area contributed by atoms with E-state index in [0.29, 0.717) is 28.9 Å². The molecule has 28 heavy (non-hydrogen) atoms. The molecule has 2 aromatic rings. The van der Waals surface area contributed by atoms with Crippen molar-refractivity contribution in [2.45, 2.75) is 19.4 Å². The smallest absolute Gasteiger partial charge is 0.223 e. The molecule has 0 aromatic heterocycles. The summed E-state index contributed by atoms with van der Waals surface area (Å²) in [6, 6.07) is 11.4. The number of carbonyl (C=O) groups excluding carboxylic acids is 1.